The minimum atomic E-state index is -4.33. The quantitative estimate of drug-likeness (QED) is 0.847. The van der Waals surface area contributed by atoms with E-state index in [4.69, 9.17) is 17.3 Å². The molecule has 0 amide bonds. The van der Waals surface area contributed by atoms with Crippen molar-refractivity contribution in [1.82, 2.24) is 0 Å². The molecule has 0 aromatic heterocycles. The molecule has 0 saturated carbocycles. The third-order valence-electron chi connectivity index (χ3n) is 3.13. The summed E-state index contributed by atoms with van der Waals surface area (Å²) in [5.74, 6) is 0. The van der Waals surface area contributed by atoms with Crippen LogP contribution in [0, 0.1) is 6.92 Å². The summed E-state index contributed by atoms with van der Waals surface area (Å²) in [6, 6.07) is 8.98. The molecular weight excluding hydrogens is 287 g/mol. The standard InChI is InChI=1S/C15H13ClF3N/c1-9-6-12(15(17,18)19)3-4-13(9)10-2-5-14(16)11(7-10)8-20/h2-7H,8,20H2,1H3. The molecule has 106 valence electrons. The summed E-state index contributed by atoms with van der Waals surface area (Å²) < 4.78 is 37.9. The van der Waals surface area contributed by atoms with E-state index >= 15 is 0 Å². The lowest BCUT2D eigenvalue weighted by atomic mass is 9.97. The van der Waals surface area contributed by atoms with Gasteiger partial charge in [0.25, 0.3) is 0 Å². The average molecular weight is 300 g/mol. The highest BCUT2D eigenvalue weighted by molar-refractivity contribution is 6.31. The van der Waals surface area contributed by atoms with Crippen molar-refractivity contribution < 1.29 is 13.2 Å². The first-order chi connectivity index (χ1) is 9.32. The predicted molar refractivity (Wildman–Crippen MR) is 74.5 cm³/mol. The van der Waals surface area contributed by atoms with Gasteiger partial charge in [0.1, 0.15) is 0 Å². The van der Waals surface area contributed by atoms with Crippen LogP contribution >= 0.6 is 11.6 Å². The molecule has 0 saturated heterocycles. The molecule has 2 aromatic rings. The molecule has 2 N–H and O–H groups in total. The Morgan fingerprint density at radius 2 is 1.80 bits per heavy atom. The lowest BCUT2D eigenvalue weighted by molar-refractivity contribution is -0.137. The summed E-state index contributed by atoms with van der Waals surface area (Å²) in [6.45, 7) is 1.94. The second kappa shape index (κ2) is 5.46. The maximum atomic E-state index is 12.6. The minimum absolute atomic E-state index is 0.284. The van der Waals surface area contributed by atoms with Crippen molar-refractivity contribution >= 4 is 11.6 Å². The largest absolute Gasteiger partial charge is 0.416 e. The van der Waals surface area contributed by atoms with Gasteiger partial charge in [-0.25, -0.2) is 0 Å². The Morgan fingerprint density at radius 1 is 1.10 bits per heavy atom. The van der Waals surface area contributed by atoms with E-state index in [2.05, 4.69) is 0 Å². The van der Waals surface area contributed by atoms with Crippen LogP contribution in [0.5, 0.6) is 0 Å². The molecule has 0 aliphatic heterocycles. The zero-order chi connectivity index (χ0) is 14.9. The molecule has 20 heavy (non-hydrogen) atoms. The highest BCUT2D eigenvalue weighted by atomic mass is 35.5. The molecule has 0 bridgehead atoms. The van der Waals surface area contributed by atoms with E-state index in [-0.39, 0.29) is 6.54 Å². The highest BCUT2D eigenvalue weighted by Gasteiger charge is 2.30. The number of hydrogen-bond donors (Lipinski definition) is 1. The molecule has 0 aliphatic rings. The van der Waals surface area contributed by atoms with Crippen molar-refractivity contribution in [3.63, 3.8) is 0 Å². The Labute approximate surface area is 120 Å². The number of benzene rings is 2. The lowest BCUT2D eigenvalue weighted by Gasteiger charge is -2.12. The van der Waals surface area contributed by atoms with E-state index in [1.54, 1.807) is 25.1 Å². The van der Waals surface area contributed by atoms with Crippen LogP contribution < -0.4 is 5.73 Å². The predicted octanol–water partition coefficient (Wildman–Crippen LogP) is 4.79. The second-order valence-corrected chi connectivity index (χ2v) is 4.94. The Morgan fingerprint density at radius 3 is 2.35 bits per heavy atom. The molecule has 5 heteroatoms. The van der Waals surface area contributed by atoms with Gasteiger partial charge in [-0.1, -0.05) is 23.7 Å². The van der Waals surface area contributed by atoms with Crippen LogP contribution in [0.4, 0.5) is 13.2 Å². The molecule has 1 nitrogen and oxygen atoms in total. The summed E-state index contributed by atoms with van der Waals surface area (Å²) >= 11 is 5.98. The monoisotopic (exact) mass is 299 g/mol. The second-order valence-electron chi connectivity index (χ2n) is 4.54. The molecule has 0 radical (unpaired) electrons. The Balaban J connectivity index is 2.49. The fraction of sp³-hybridized carbons (Fsp3) is 0.200. The maximum absolute atomic E-state index is 12.6. The van der Waals surface area contributed by atoms with Crippen LogP contribution in [-0.2, 0) is 12.7 Å². The van der Waals surface area contributed by atoms with Gasteiger partial charge in [0.2, 0.25) is 0 Å². The molecule has 2 rings (SSSR count). The van der Waals surface area contributed by atoms with Crippen molar-refractivity contribution in [2.75, 3.05) is 0 Å². The first-order valence-electron chi connectivity index (χ1n) is 5.99. The van der Waals surface area contributed by atoms with Gasteiger partial charge in [-0.05, 0) is 53.4 Å². The third kappa shape index (κ3) is 2.97. The van der Waals surface area contributed by atoms with Gasteiger partial charge < -0.3 is 5.73 Å². The summed E-state index contributed by atoms with van der Waals surface area (Å²) in [7, 11) is 0. The normalized spacial score (nSPS) is 11.7. The van der Waals surface area contributed by atoms with Gasteiger partial charge in [0, 0.05) is 11.6 Å². The van der Waals surface area contributed by atoms with E-state index in [0.717, 1.165) is 28.8 Å². The lowest BCUT2D eigenvalue weighted by Crippen LogP contribution is -2.05. The van der Waals surface area contributed by atoms with Crippen molar-refractivity contribution in [3.8, 4) is 11.1 Å². The fourth-order valence-corrected chi connectivity index (χ4v) is 2.26. The van der Waals surface area contributed by atoms with Gasteiger partial charge in [0.05, 0.1) is 5.56 Å². The van der Waals surface area contributed by atoms with E-state index in [1.807, 2.05) is 0 Å². The topological polar surface area (TPSA) is 26.0 Å². The van der Waals surface area contributed by atoms with Gasteiger partial charge in [-0.15, -0.1) is 0 Å². The number of rotatable bonds is 2. The van der Waals surface area contributed by atoms with Crippen LogP contribution in [0.2, 0.25) is 5.02 Å². The summed E-state index contributed by atoms with van der Waals surface area (Å²) in [5, 5.41) is 0.556. The van der Waals surface area contributed by atoms with Gasteiger partial charge >= 0.3 is 6.18 Å². The number of hydrogen-bond acceptors (Lipinski definition) is 1. The molecule has 0 fully saturated rings. The first-order valence-corrected chi connectivity index (χ1v) is 6.37. The van der Waals surface area contributed by atoms with Crippen molar-refractivity contribution in [3.05, 3.63) is 58.1 Å². The summed E-state index contributed by atoms with van der Waals surface area (Å²) in [5.41, 5.74) is 7.81. The number of aryl methyl sites for hydroxylation is 1. The van der Waals surface area contributed by atoms with E-state index in [1.165, 1.54) is 6.07 Å². The number of nitrogens with two attached hydrogens (primary N) is 1. The highest BCUT2D eigenvalue weighted by Crippen LogP contribution is 2.34. The van der Waals surface area contributed by atoms with Crippen molar-refractivity contribution in [1.29, 1.82) is 0 Å². The van der Waals surface area contributed by atoms with Gasteiger partial charge in [-0.3, -0.25) is 0 Å². The van der Waals surface area contributed by atoms with Gasteiger partial charge in [-0.2, -0.15) is 13.2 Å². The van der Waals surface area contributed by atoms with Crippen LogP contribution in [0.15, 0.2) is 36.4 Å². The molecule has 0 unspecified atom stereocenters. The summed E-state index contributed by atoms with van der Waals surface area (Å²) in [6.07, 6.45) is -4.33. The molecule has 0 heterocycles. The first kappa shape index (κ1) is 14.9. The minimum Gasteiger partial charge on any atom is -0.326 e. The Bertz CT molecular complexity index is 636. The SMILES string of the molecule is Cc1cc(C(F)(F)F)ccc1-c1ccc(Cl)c(CN)c1. The van der Waals surface area contributed by atoms with Crippen molar-refractivity contribution in [2.45, 2.75) is 19.6 Å². The molecule has 2 aromatic carbocycles. The third-order valence-corrected chi connectivity index (χ3v) is 3.50. The smallest absolute Gasteiger partial charge is 0.326 e. The zero-order valence-corrected chi connectivity index (χ0v) is 11.5. The molecular formula is C15H13ClF3N. The summed E-state index contributed by atoms with van der Waals surface area (Å²) in [4.78, 5) is 0. The molecule has 0 spiro atoms. The Hall–Kier alpha value is -1.52. The average Bonchev–Trinajstić information content (AvgIpc) is 2.38. The number of alkyl halides is 3. The van der Waals surface area contributed by atoms with Crippen molar-refractivity contribution in [2.24, 2.45) is 5.73 Å². The van der Waals surface area contributed by atoms with E-state index in [0.29, 0.717) is 10.6 Å². The van der Waals surface area contributed by atoms with E-state index in [9.17, 15) is 13.2 Å². The fourth-order valence-electron chi connectivity index (χ4n) is 2.06. The zero-order valence-electron chi connectivity index (χ0n) is 10.8. The number of halogens is 4. The van der Waals surface area contributed by atoms with E-state index < -0.39 is 11.7 Å². The van der Waals surface area contributed by atoms with Crippen LogP contribution in [0.1, 0.15) is 16.7 Å². The Kier molecular flexibility index (Phi) is 4.06. The van der Waals surface area contributed by atoms with Crippen LogP contribution in [0.3, 0.4) is 0 Å². The molecule has 0 aliphatic carbocycles. The van der Waals surface area contributed by atoms with Crippen LogP contribution in [0.25, 0.3) is 11.1 Å². The molecule has 0 atom stereocenters. The van der Waals surface area contributed by atoms with Crippen LogP contribution in [-0.4, -0.2) is 0 Å². The van der Waals surface area contributed by atoms with Gasteiger partial charge in [0.15, 0.2) is 0 Å². The maximum Gasteiger partial charge on any atom is 0.416 e.